The summed E-state index contributed by atoms with van der Waals surface area (Å²) >= 11 is 0. The van der Waals surface area contributed by atoms with E-state index in [9.17, 15) is 0 Å². The van der Waals surface area contributed by atoms with Crippen LogP contribution in [-0.2, 0) is 50.3 Å². The zero-order valence-corrected chi connectivity index (χ0v) is 56.6. The van der Waals surface area contributed by atoms with Gasteiger partial charge in [0.05, 0.1) is 6.10 Å². The molecule has 1 aliphatic carbocycles. The van der Waals surface area contributed by atoms with E-state index in [0.29, 0.717) is 47.1 Å². The van der Waals surface area contributed by atoms with Crippen molar-refractivity contribution in [1.29, 1.82) is 0 Å². The van der Waals surface area contributed by atoms with Crippen molar-refractivity contribution in [2.24, 2.45) is 0 Å². The maximum Gasteiger partial charge on any atom is 0.142 e. The molecule has 0 saturated carbocycles. The SMILES string of the molecule is C=CCN(C)COc1ccc(C(c2ccc3c(c2)CN(CC=C)CO3)C(c2ccc3c(c2)CN(CC=C)CO3)c2ccc3c(c2)CN(CC=C)CO3)cc1.C=CCN1COC2CC=C(Cc3ccc4c(c3)CN(CC=C)CO4)C=C2C1.C=CCN1COc2ccc(CC)cc2C1. The normalized spacial score (nSPS) is 17.9. The lowest BCUT2D eigenvalue weighted by atomic mass is 9.73. The van der Waals surface area contributed by atoms with E-state index in [1.165, 1.54) is 72.3 Å². The van der Waals surface area contributed by atoms with Crippen LogP contribution in [0.15, 0.2) is 227 Å². The van der Waals surface area contributed by atoms with Crippen LogP contribution in [0, 0.1) is 0 Å². The van der Waals surface area contributed by atoms with Gasteiger partial charge in [0.15, 0.2) is 0 Å². The Hall–Kier alpha value is -8.54. The maximum atomic E-state index is 6.23. The van der Waals surface area contributed by atoms with Crippen LogP contribution in [0.5, 0.6) is 34.5 Å². The lowest BCUT2D eigenvalue weighted by molar-refractivity contribution is -0.0298. The van der Waals surface area contributed by atoms with E-state index in [1.54, 1.807) is 0 Å². The average Bonchev–Trinajstić information content (AvgIpc) is 0.766. The zero-order chi connectivity index (χ0) is 66.8. The first-order valence-electron chi connectivity index (χ1n) is 33.8. The first kappa shape index (κ1) is 68.8. The predicted molar refractivity (Wildman–Crippen MR) is 387 cm³/mol. The van der Waals surface area contributed by atoms with Gasteiger partial charge in [-0.1, -0.05) is 134 Å². The molecule has 0 amide bonds. The quantitative estimate of drug-likeness (QED) is 0.0403. The molecule has 2 atom stereocenters. The number of hydrogen-bond acceptors (Lipinski definition) is 14. The number of aryl methyl sites for hydroxylation is 1. The highest BCUT2D eigenvalue weighted by atomic mass is 16.5. The molecule has 14 heteroatoms. The van der Waals surface area contributed by atoms with Crippen LogP contribution >= 0.6 is 0 Å². The number of hydrogen-bond donors (Lipinski definition) is 0. The molecule has 1 fully saturated rings. The average molecular weight is 1290 g/mol. The molecule has 6 aromatic carbocycles. The highest BCUT2D eigenvalue weighted by molar-refractivity contribution is 5.53. The van der Waals surface area contributed by atoms with Gasteiger partial charge in [-0.3, -0.25) is 34.3 Å². The molecule has 0 aromatic heterocycles. The van der Waals surface area contributed by atoms with Crippen molar-refractivity contribution in [2.75, 3.05) is 107 Å². The molecule has 1 saturated heterocycles. The van der Waals surface area contributed by atoms with Gasteiger partial charge in [0.1, 0.15) is 81.6 Å². The summed E-state index contributed by atoms with van der Waals surface area (Å²) in [5.74, 6) is 5.56. The van der Waals surface area contributed by atoms with Crippen LogP contribution in [-0.4, -0.2) is 147 Å². The third-order valence-electron chi connectivity index (χ3n) is 18.4. The Bertz CT molecular complexity index is 3690. The minimum absolute atomic E-state index is 0.0532. The molecule has 0 bridgehead atoms. The van der Waals surface area contributed by atoms with Gasteiger partial charge in [-0.05, 0) is 113 Å². The van der Waals surface area contributed by atoms with Gasteiger partial charge < -0.3 is 33.2 Å². The van der Waals surface area contributed by atoms with Crippen LogP contribution in [0.4, 0.5) is 0 Å². The largest absolute Gasteiger partial charge is 0.478 e. The number of fused-ring (bicyclic) bond motifs is 6. The number of likely N-dealkylation sites (N-methyl/N-ethyl adjacent to an activating group) is 1. The number of allylic oxidation sites excluding steroid dienone is 2. The maximum absolute atomic E-state index is 6.23. The van der Waals surface area contributed by atoms with Crippen molar-refractivity contribution in [3.8, 4) is 34.5 Å². The summed E-state index contributed by atoms with van der Waals surface area (Å²) in [5, 5.41) is 0. The van der Waals surface area contributed by atoms with E-state index in [1.807, 2.05) is 49.6 Å². The van der Waals surface area contributed by atoms with Gasteiger partial charge in [0, 0.05) is 125 Å². The van der Waals surface area contributed by atoms with Crippen molar-refractivity contribution in [3.63, 3.8) is 0 Å². The smallest absolute Gasteiger partial charge is 0.142 e. The molecule has 502 valence electrons. The van der Waals surface area contributed by atoms with E-state index in [0.717, 1.165) is 139 Å². The topological polar surface area (TPSA) is 87.3 Å². The second kappa shape index (κ2) is 33.9. The lowest BCUT2D eigenvalue weighted by Gasteiger charge is -2.35. The predicted octanol–water partition coefficient (Wildman–Crippen LogP) is 14.4. The van der Waals surface area contributed by atoms with E-state index in [-0.39, 0.29) is 17.9 Å². The first-order chi connectivity index (χ1) is 47.0. The molecule has 7 aliphatic rings. The molecular weight excluding hydrogens is 1190 g/mol. The molecule has 13 rings (SSSR count). The third-order valence-corrected chi connectivity index (χ3v) is 18.4. The van der Waals surface area contributed by atoms with Gasteiger partial charge in [-0.25, -0.2) is 0 Å². The Morgan fingerprint density at radius 2 is 0.823 bits per heavy atom. The number of rotatable bonds is 25. The molecule has 0 radical (unpaired) electrons. The van der Waals surface area contributed by atoms with Crippen molar-refractivity contribution in [3.05, 3.63) is 288 Å². The first-order valence-corrected chi connectivity index (χ1v) is 33.8. The molecule has 6 aromatic rings. The van der Waals surface area contributed by atoms with Gasteiger partial charge >= 0.3 is 0 Å². The summed E-state index contributed by atoms with van der Waals surface area (Å²) in [6, 6.07) is 41.9. The molecule has 96 heavy (non-hydrogen) atoms. The minimum Gasteiger partial charge on any atom is -0.478 e. The van der Waals surface area contributed by atoms with E-state index >= 15 is 0 Å². The van der Waals surface area contributed by atoms with Crippen molar-refractivity contribution >= 4 is 0 Å². The summed E-state index contributed by atoms with van der Waals surface area (Å²) in [6.07, 6.45) is 21.4. The molecule has 14 nitrogen and oxygen atoms in total. The van der Waals surface area contributed by atoms with Crippen LogP contribution in [0.25, 0.3) is 0 Å². The number of nitrogens with zero attached hydrogens (tertiary/aromatic N) is 7. The minimum atomic E-state index is -0.0544. The van der Waals surface area contributed by atoms with Crippen molar-refractivity contribution < 1.29 is 33.2 Å². The molecule has 6 aliphatic heterocycles. The standard InChI is InChI=1S/C46H52N4O4.C23H28N2O2.C13H17NO/c1-6-20-47(5)30-51-41-15-10-34(11-16-41)45(35-12-17-42-38(24-35)27-48(21-7-2)31-52-42)46(36-13-18-43-39(25-36)28-49(22-8-3)32-53-43)37-14-19-44-40(26-37)29-50(23-9-4)33-54-44;1-3-9-24-14-20-12-18(5-7-22(20)26-16-24)11-19-6-8-23-21(13-19)15-25(10-4-2)17-27-23;1-3-7-14-9-12-8-11(4-2)5-6-13(12)15-10-14/h6-19,24-26,45-46H,1-4,20-23,27-33H2,5H3;3-7,12-13,23H,1-2,8-11,14-17H2;3,5-6,8H,1,4,7,9-10H2,2H3. The Morgan fingerprint density at radius 3 is 1.24 bits per heavy atom. The Kier molecular flexibility index (Phi) is 24.3. The lowest BCUT2D eigenvalue weighted by Crippen LogP contribution is -2.40. The van der Waals surface area contributed by atoms with E-state index in [4.69, 9.17) is 33.2 Å². The van der Waals surface area contributed by atoms with Gasteiger partial charge in [-0.2, -0.15) is 0 Å². The number of benzene rings is 6. The van der Waals surface area contributed by atoms with Gasteiger partial charge in [-0.15, -0.1) is 46.1 Å². The summed E-state index contributed by atoms with van der Waals surface area (Å²) in [4.78, 5) is 15.6. The van der Waals surface area contributed by atoms with Crippen LogP contribution in [0.2, 0.25) is 0 Å². The second-order valence-corrected chi connectivity index (χ2v) is 25.8. The number of ether oxygens (including phenoxy) is 7. The summed E-state index contributed by atoms with van der Waals surface area (Å²) in [6.45, 7) is 44.4. The van der Waals surface area contributed by atoms with E-state index in [2.05, 4.69) is 215 Å². The van der Waals surface area contributed by atoms with Gasteiger partial charge in [0.25, 0.3) is 0 Å². The molecule has 0 N–H and O–H groups in total. The molecular formula is C82H97N7O7. The molecule has 2 unspecified atom stereocenters. The van der Waals surface area contributed by atoms with Crippen LogP contribution < -0.4 is 28.4 Å². The fourth-order valence-electron chi connectivity index (χ4n) is 13.7. The zero-order valence-electron chi connectivity index (χ0n) is 56.6. The fraction of sp³-hybridized carbons (Fsp3) is 0.341. The van der Waals surface area contributed by atoms with Crippen molar-refractivity contribution in [1.82, 2.24) is 34.3 Å². The third kappa shape index (κ3) is 17.7. The molecule has 6 heterocycles. The summed E-state index contributed by atoms with van der Waals surface area (Å²) in [5.41, 5.74) is 16.4. The van der Waals surface area contributed by atoms with E-state index < -0.39 is 0 Å². The Balaban J connectivity index is 0.000000182. The fourth-order valence-corrected chi connectivity index (χ4v) is 13.7. The Labute approximate surface area is 570 Å². The van der Waals surface area contributed by atoms with Crippen molar-refractivity contribution in [2.45, 2.75) is 76.8 Å². The van der Waals surface area contributed by atoms with Gasteiger partial charge in [0.2, 0.25) is 0 Å². The highest BCUT2D eigenvalue weighted by Crippen LogP contribution is 2.47. The van der Waals surface area contributed by atoms with Crippen LogP contribution in [0.3, 0.4) is 0 Å². The van der Waals surface area contributed by atoms with Crippen LogP contribution in [0.1, 0.15) is 86.4 Å². The second-order valence-electron chi connectivity index (χ2n) is 25.8. The highest BCUT2D eigenvalue weighted by Gasteiger charge is 2.33. The summed E-state index contributed by atoms with van der Waals surface area (Å²) in [7, 11) is 2.02. The monoisotopic (exact) mass is 1290 g/mol. The molecule has 0 spiro atoms. The summed E-state index contributed by atoms with van der Waals surface area (Å²) < 4.78 is 42.4. The Morgan fingerprint density at radius 1 is 0.448 bits per heavy atom.